The average molecular weight is 301 g/mol. The largest absolute Gasteiger partial charge is 0.463 e. The maximum atomic E-state index is 12.1. The Labute approximate surface area is 128 Å². The highest BCUT2D eigenvalue weighted by molar-refractivity contribution is 5.72. The monoisotopic (exact) mass is 301 g/mol. The Hall–Kier alpha value is -2.44. The number of carbonyl (C=O) groups is 1. The molecule has 0 atom stereocenters. The molecule has 3 rings (SSSR count). The molecule has 1 aliphatic heterocycles. The Kier molecular flexibility index (Phi) is 4.62. The number of piperidine rings is 1. The summed E-state index contributed by atoms with van der Waals surface area (Å²) in [5, 5.41) is 4.07. The number of anilines is 1. The lowest BCUT2D eigenvalue weighted by Crippen LogP contribution is -2.38. The predicted octanol–water partition coefficient (Wildman–Crippen LogP) is 1.13. The van der Waals surface area contributed by atoms with Gasteiger partial charge in [-0.05, 0) is 25.0 Å². The summed E-state index contributed by atoms with van der Waals surface area (Å²) in [6.45, 7) is 2.52. The predicted molar refractivity (Wildman–Crippen MR) is 80.2 cm³/mol. The summed E-state index contributed by atoms with van der Waals surface area (Å²) in [5.41, 5.74) is 0. The maximum Gasteiger partial charge on any atom is 0.309 e. The van der Waals surface area contributed by atoms with Crippen LogP contribution < -0.4 is 4.90 Å². The molecule has 0 aliphatic carbocycles. The zero-order chi connectivity index (χ0) is 15.2. The van der Waals surface area contributed by atoms with Gasteiger partial charge in [-0.1, -0.05) is 0 Å². The maximum absolute atomic E-state index is 12.1. The van der Waals surface area contributed by atoms with Crippen LogP contribution in [0.2, 0.25) is 0 Å². The van der Waals surface area contributed by atoms with Gasteiger partial charge in [-0.3, -0.25) is 9.48 Å². The van der Waals surface area contributed by atoms with Crippen molar-refractivity contribution in [2.75, 3.05) is 24.6 Å². The third kappa shape index (κ3) is 3.60. The fraction of sp³-hybridized carbons (Fsp3) is 0.467. The minimum atomic E-state index is -0.110. The van der Waals surface area contributed by atoms with Crippen LogP contribution in [0.15, 0.2) is 36.9 Å². The first kappa shape index (κ1) is 14.5. The van der Waals surface area contributed by atoms with Gasteiger partial charge in [0.25, 0.3) is 0 Å². The number of esters is 1. The van der Waals surface area contributed by atoms with E-state index in [4.69, 9.17) is 4.74 Å². The van der Waals surface area contributed by atoms with Gasteiger partial charge in [-0.15, -0.1) is 0 Å². The Balaban J connectivity index is 1.42. The summed E-state index contributed by atoms with van der Waals surface area (Å²) in [7, 11) is 0. The van der Waals surface area contributed by atoms with E-state index < -0.39 is 0 Å². The normalized spacial score (nSPS) is 15.7. The van der Waals surface area contributed by atoms with Crippen LogP contribution in [0.25, 0.3) is 0 Å². The van der Waals surface area contributed by atoms with Gasteiger partial charge < -0.3 is 9.64 Å². The molecule has 1 saturated heterocycles. The van der Waals surface area contributed by atoms with Crippen molar-refractivity contribution < 1.29 is 9.53 Å². The van der Waals surface area contributed by atoms with Gasteiger partial charge in [0.1, 0.15) is 6.61 Å². The van der Waals surface area contributed by atoms with Crippen LogP contribution in [0.1, 0.15) is 12.8 Å². The summed E-state index contributed by atoms with van der Waals surface area (Å²) in [4.78, 5) is 22.7. The van der Waals surface area contributed by atoms with Crippen molar-refractivity contribution in [2.45, 2.75) is 19.4 Å². The van der Waals surface area contributed by atoms with E-state index in [2.05, 4.69) is 20.0 Å². The van der Waals surface area contributed by atoms with E-state index in [0.29, 0.717) is 13.2 Å². The summed E-state index contributed by atoms with van der Waals surface area (Å²) < 4.78 is 7.10. The number of carbonyl (C=O) groups excluding carboxylic acids is 1. The number of hydrogen-bond donors (Lipinski definition) is 0. The fourth-order valence-electron chi connectivity index (χ4n) is 2.56. The number of rotatable bonds is 5. The Morgan fingerprint density at radius 3 is 2.64 bits per heavy atom. The molecule has 0 radical (unpaired) electrons. The molecule has 22 heavy (non-hydrogen) atoms. The summed E-state index contributed by atoms with van der Waals surface area (Å²) in [5.74, 6) is 0.589. The SMILES string of the molecule is O=C(OCCn1cccn1)C1CCN(c2ncccn2)CC1. The van der Waals surface area contributed by atoms with E-state index >= 15 is 0 Å². The van der Waals surface area contributed by atoms with Gasteiger partial charge >= 0.3 is 5.97 Å². The number of aromatic nitrogens is 4. The second-order valence-corrected chi connectivity index (χ2v) is 5.25. The lowest BCUT2D eigenvalue weighted by Gasteiger charge is -2.30. The van der Waals surface area contributed by atoms with Crippen LogP contribution in [0.4, 0.5) is 5.95 Å². The molecule has 0 amide bonds. The summed E-state index contributed by atoms with van der Waals surface area (Å²) in [6, 6.07) is 3.65. The third-order valence-electron chi connectivity index (χ3n) is 3.79. The van der Waals surface area contributed by atoms with Gasteiger partial charge in [0.2, 0.25) is 5.95 Å². The first-order chi connectivity index (χ1) is 10.8. The number of nitrogens with zero attached hydrogens (tertiary/aromatic N) is 5. The van der Waals surface area contributed by atoms with Crippen molar-refractivity contribution in [2.24, 2.45) is 5.92 Å². The molecule has 0 bridgehead atoms. The quantitative estimate of drug-likeness (QED) is 0.771. The van der Waals surface area contributed by atoms with Crippen molar-refractivity contribution >= 4 is 11.9 Å². The minimum Gasteiger partial charge on any atom is -0.463 e. The van der Waals surface area contributed by atoms with Gasteiger partial charge in [0.05, 0.1) is 12.5 Å². The molecule has 1 fully saturated rings. The van der Waals surface area contributed by atoms with Crippen molar-refractivity contribution in [3.8, 4) is 0 Å². The highest BCUT2D eigenvalue weighted by atomic mass is 16.5. The van der Waals surface area contributed by atoms with Gasteiger partial charge in [0.15, 0.2) is 0 Å². The Morgan fingerprint density at radius 1 is 1.18 bits per heavy atom. The number of hydrogen-bond acceptors (Lipinski definition) is 6. The van der Waals surface area contributed by atoms with Crippen molar-refractivity contribution in [3.63, 3.8) is 0 Å². The first-order valence-corrected chi connectivity index (χ1v) is 7.49. The van der Waals surface area contributed by atoms with Gasteiger partial charge in [-0.25, -0.2) is 9.97 Å². The van der Waals surface area contributed by atoms with E-state index in [9.17, 15) is 4.79 Å². The zero-order valence-electron chi connectivity index (χ0n) is 12.3. The van der Waals surface area contributed by atoms with Gasteiger partial charge in [0, 0.05) is 37.9 Å². The lowest BCUT2D eigenvalue weighted by atomic mass is 9.97. The van der Waals surface area contributed by atoms with Crippen LogP contribution in [-0.2, 0) is 16.1 Å². The molecule has 1 aliphatic rings. The third-order valence-corrected chi connectivity index (χ3v) is 3.79. The molecular formula is C15H19N5O2. The second kappa shape index (κ2) is 7.02. The summed E-state index contributed by atoms with van der Waals surface area (Å²) >= 11 is 0. The Morgan fingerprint density at radius 2 is 1.95 bits per heavy atom. The second-order valence-electron chi connectivity index (χ2n) is 5.25. The van der Waals surface area contributed by atoms with Crippen molar-refractivity contribution in [1.82, 2.24) is 19.7 Å². The topological polar surface area (TPSA) is 73.1 Å². The average Bonchev–Trinajstić information content (AvgIpc) is 3.09. The Bertz CT molecular complexity index is 579. The molecular weight excluding hydrogens is 282 g/mol. The summed E-state index contributed by atoms with van der Waals surface area (Å²) in [6.07, 6.45) is 8.59. The molecule has 0 unspecified atom stereocenters. The first-order valence-electron chi connectivity index (χ1n) is 7.49. The molecule has 0 N–H and O–H groups in total. The zero-order valence-corrected chi connectivity index (χ0v) is 12.3. The van der Waals surface area contributed by atoms with E-state index in [1.54, 1.807) is 29.3 Å². The van der Waals surface area contributed by atoms with E-state index in [1.807, 2.05) is 12.3 Å². The highest BCUT2D eigenvalue weighted by Gasteiger charge is 2.27. The molecule has 0 saturated carbocycles. The minimum absolute atomic E-state index is 0.0300. The molecule has 2 aromatic heterocycles. The van der Waals surface area contributed by atoms with Gasteiger partial charge in [-0.2, -0.15) is 5.10 Å². The van der Waals surface area contributed by atoms with E-state index in [0.717, 1.165) is 31.9 Å². The van der Waals surface area contributed by atoms with Crippen LogP contribution in [0.5, 0.6) is 0 Å². The molecule has 2 aromatic rings. The molecule has 7 nitrogen and oxygen atoms in total. The molecule has 7 heteroatoms. The van der Waals surface area contributed by atoms with E-state index in [1.165, 1.54) is 0 Å². The molecule has 0 aromatic carbocycles. The van der Waals surface area contributed by atoms with Crippen LogP contribution in [0.3, 0.4) is 0 Å². The van der Waals surface area contributed by atoms with E-state index in [-0.39, 0.29) is 11.9 Å². The van der Waals surface area contributed by atoms with Crippen molar-refractivity contribution in [3.05, 3.63) is 36.9 Å². The highest BCUT2D eigenvalue weighted by Crippen LogP contribution is 2.21. The molecule has 0 spiro atoms. The smallest absolute Gasteiger partial charge is 0.309 e. The van der Waals surface area contributed by atoms with Crippen LogP contribution >= 0.6 is 0 Å². The molecule has 3 heterocycles. The van der Waals surface area contributed by atoms with Crippen molar-refractivity contribution in [1.29, 1.82) is 0 Å². The van der Waals surface area contributed by atoms with Crippen LogP contribution in [0, 0.1) is 5.92 Å². The van der Waals surface area contributed by atoms with Crippen LogP contribution in [-0.4, -0.2) is 45.4 Å². The number of ether oxygens (including phenoxy) is 1. The lowest BCUT2D eigenvalue weighted by molar-refractivity contribution is -0.149. The molecule has 116 valence electrons. The fourth-order valence-corrected chi connectivity index (χ4v) is 2.56. The standard InChI is InChI=1S/C15H19N5O2/c21-14(22-12-11-20-8-2-7-18-20)13-3-9-19(10-4-13)15-16-5-1-6-17-15/h1-2,5-8,13H,3-4,9-12H2.